The summed E-state index contributed by atoms with van der Waals surface area (Å²) in [6.07, 6.45) is 4.79. The van der Waals surface area contributed by atoms with Crippen LogP contribution in [0.1, 0.15) is 63.6 Å². The van der Waals surface area contributed by atoms with Crippen LogP contribution in [0.2, 0.25) is 0 Å². The fourth-order valence-electron chi connectivity index (χ4n) is 3.79. The average molecular weight is 397 g/mol. The second-order valence-electron chi connectivity index (χ2n) is 8.76. The molecule has 0 bridgehead atoms. The predicted molar refractivity (Wildman–Crippen MR) is 111 cm³/mol. The molecule has 1 saturated carbocycles. The Morgan fingerprint density at radius 1 is 1.00 bits per heavy atom. The molecule has 1 aromatic rings. The molecule has 1 aromatic heterocycles. The Kier molecular flexibility index (Phi) is 6.10. The van der Waals surface area contributed by atoms with Crippen molar-refractivity contribution in [3.8, 4) is 18.2 Å². The van der Waals surface area contributed by atoms with E-state index in [0.717, 1.165) is 47.1 Å². The van der Waals surface area contributed by atoms with Crippen molar-refractivity contribution in [1.82, 2.24) is 0 Å². The number of nitrogen functional groups attached to an aromatic ring is 1. The molecule has 140 valence electrons. The van der Waals surface area contributed by atoms with Crippen molar-refractivity contribution in [3.05, 3.63) is 31.7 Å². The molecule has 2 N–H and O–H groups in total. The molecule has 0 aromatic carbocycles. The molecule has 0 spiro atoms. The van der Waals surface area contributed by atoms with Crippen LogP contribution in [0.3, 0.4) is 0 Å². The summed E-state index contributed by atoms with van der Waals surface area (Å²) in [6.45, 7) is 8.74. The summed E-state index contributed by atoms with van der Waals surface area (Å²) in [5.41, 5.74) is 10.6. The third-order valence-electron chi connectivity index (χ3n) is 5.16. The van der Waals surface area contributed by atoms with Crippen LogP contribution in [0, 0.1) is 48.6 Å². The van der Waals surface area contributed by atoms with Crippen molar-refractivity contribution >= 4 is 28.6 Å². The van der Waals surface area contributed by atoms with Crippen molar-refractivity contribution in [1.29, 1.82) is 15.8 Å². The number of nitrogens with zero attached hydrogens (tertiary/aromatic N) is 3. The molecule has 0 unspecified atom stereocenters. The maximum Gasteiger partial charge on any atom is 0.128 e. The smallest absolute Gasteiger partial charge is 0.128 e. The predicted octanol–water partition coefficient (Wildman–Crippen LogP) is 5.60. The van der Waals surface area contributed by atoms with E-state index >= 15 is 0 Å². The van der Waals surface area contributed by atoms with Crippen LogP contribution in [0.5, 0.6) is 0 Å². The quantitative estimate of drug-likeness (QED) is 0.455. The molecule has 0 amide bonds. The average Bonchev–Trinajstić information content (AvgIpc) is 3.09. The molecule has 0 atom stereocenters. The van der Waals surface area contributed by atoms with E-state index in [1.165, 1.54) is 16.9 Å². The van der Waals surface area contributed by atoms with Gasteiger partial charge in [0.05, 0.1) is 9.39 Å². The maximum absolute atomic E-state index is 9.09. The van der Waals surface area contributed by atoms with Gasteiger partial charge in [-0.05, 0) is 59.6 Å². The molecular weight excluding hydrogens is 372 g/mol. The molecule has 27 heavy (non-hydrogen) atoms. The minimum Gasteiger partial charge on any atom is -0.389 e. The number of hydrogen-bond acceptors (Lipinski definition) is 6. The SMILES string of the molecule is CC1(C)CCC(=C(C#N)C#N)C1.CC1(C)Cc2c(C#N)c(N)sc(=S)c2C1. The highest BCUT2D eigenvalue weighted by Gasteiger charge is 2.32. The summed E-state index contributed by atoms with van der Waals surface area (Å²) >= 11 is 6.66. The zero-order chi connectivity index (χ0) is 20.4. The van der Waals surface area contributed by atoms with Crippen LogP contribution in [0.25, 0.3) is 0 Å². The van der Waals surface area contributed by atoms with Crippen LogP contribution in [0.4, 0.5) is 5.00 Å². The summed E-state index contributed by atoms with van der Waals surface area (Å²) in [7, 11) is 0. The molecule has 1 heterocycles. The molecule has 4 nitrogen and oxygen atoms in total. The molecule has 2 aliphatic rings. The molecule has 0 saturated heterocycles. The first kappa shape index (κ1) is 21.1. The molecule has 2 aliphatic carbocycles. The number of anilines is 1. The highest BCUT2D eigenvalue weighted by Crippen LogP contribution is 2.42. The van der Waals surface area contributed by atoms with Crippen LogP contribution in [-0.2, 0) is 12.8 Å². The van der Waals surface area contributed by atoms with Crippen molar-refractivity contribution in [3.63, 3.8) is 0 Å². The van der Waals surface area contributed by atoms with Crippen LogP contribution >= 0.6 is 23.6 Å². The largest absolute Gasteiger partial charge is 0.389 e. The van der Waals surface area contributed by atoms with Crippen molar-refractivity contribution in [2.75, 3.05) is 5.73 Å². The van der Waals surface area contributed by atoms with Gasteiger partial charge >= 0.3 is 0 Å². The number of hydrogen-bond donors (Lipinski definition) is 1. The van der Waals surface area contributed by atoms with Gasteiger partial charge in [0.25, 0.3) is 0 Å². The van der Waals surface area contributed by atoms with E-state index in [0.29, 0.717) is 16.1 Å². The van der Waals surface area contributed by atoms with Gasteiger partial charge in [0, 0.05) is 0 Å². The minimum absolute atomic E-state index is 0.210. The van der Waals surface area contributed by atoms with Gasteiger partial charge in [-0.15, -0.1) is 11.3 Å². The summed E-state index contributed by atoms with van der Waals surface area (Å²) in [5.74, 6) is 0. The number of fused-ring (bicyclic) bond motifs is 1. The Hall–Kier alpha value is -2.20. The van der Waals surface area contributed by atoms with Gasteiger partial charge in [0.2, 0.25) is 0 Å². The monoisotopic (exact) mass is 396 g/mol. The molecule has 6 heteroatoms. The molecule has 1 fully saturated rings. The third kappa shape index (κ3) is 4.75. The van der Waals surface area contributed by atoms with Gasteiger partial charge < -0.3 is 5.73 Å². The van der Waals surface area contributed by atoms with E-state index in [2.05, 4.69) is 33.8 Å². The lowest BCUT2D eigenvalue weighted by Crippen LogP contribution is -2.09. The van der Waals surface area contributed by atoms with Crippen molar-refractivity contribution in [2.24, 2.45) is 10.8 Å². The highest BCUT2D eigenvalue weighted by atomic mass is 32.1. The molecule has 0 aliphatic heterocycles. The lowest BCUT2D eigenvalue weighted by Gasteiger charge is -2.14. The van der Waals surface area contributed by atoms with E-state index in [1.807, 2.05) is 12.1 Å². The summed E-state index contributed by atoms with van der Waals surface area (Å²) in [6, 6.07) is 6.10. The molecule has 0 radical (unpaired) electrons. The lowest BCUT2D eigenvalue weighted by molar-refractivity contribution is 0.389. The van der Waals surface area contributed by atoms with E-state index < -0.39 is 0 Å². The summed E-state index contributed by atoms with van der Waals surface area (Å²) in [4.78, 5) is 0. The fourth-order valence-corrected chi connectivity index (χ4v) is 5.05. The Balaban J connectivity index is 0.000000199. The van der Waals surface area contributed by atoms with E-state index in [4.69, 9.17) is 33.7 Å². The first-order valence-electron chi connectivity index (χ1n) is 8.90. The van der Waals surface area contributed by atoms with Crippen LogP contribution in [-0.4, -0.2) is 0 Å². The van der Waals surface area contributed by atoms with Crippen LogP contribution in [0.15, 0.2) is 11.1 Å². The first-order chi connectivity index (χ1) is 12.5. The number of rotatable bonds is 0. The van der Waals surface area contributed by atoms with Crippen molar-refractivity contribution < 1.29 is 0 Å². The summed E-state index contributed by atoms with van der Waals surface area (Å²) in [5, 5.41) is 26.9. The van der Waals surface area contributed by atoms with E-state index in [1.54, 1.807) is 0 Å². The Morgan fingerprint density at radius 2 is 1.59 bits per heavy atom. The third-order valence-corrected chi connectivity index (χ3v) is 6.51. The van der Waals surface area contributed by atoms with Gasteiger partial charge in [0.15, 0.2) is 0 Å². The number of nitrogens with two attached hydrogens (primary N) is 1. The Labute approximate surface area is 170 Å². The lowest BCUT2D eigenvalue weighted by atomic mass is 9.90. The van der Waals surface area contributed by atoms with Gasteiger partial charge in [-0.1, -0.05) is 39.9 Å². The number of allylic oxidation sites excluding steroid dienone is 2. The second kappa shape index (κ2) is 7.81. The first-order valence-corrected chi connectivity index (χ1v) is 10.1. The maximum atomic E-state index is 9.09. The van der Waals surface area contributed by atoms with Gasteiger partial charge in [0.1, 0.15) is 28.8 Å². The van der Waals surface area contributed by atoms with Gasteiger partial charge in [-0.2, -0.15) is 15.8 Å². The zero-order valence-electron chi connectivity index (χ0n) is 16.3. The van der Waals surface area contributed by atoms with Crippen LogP contribution < -0.4 is 5.73 Å². The van der Waals surface area contributed by atoms with Gasteiger partial charge in [-0.3, -0.25) is 0 Å². The molecule has 3 rings (SSSR count). The normalized spacial score (nSPS) is 18.3. The Morgan fingerprint density at radius 3 is 2.07 bits per heavy atom. The van der Waals surface area contributed by atoms with Gasteiger partial charge in [-0.25, -0.2) is 0 Å². The molecular formula is C21H24N4S2. The van der Waals surface area contributed by atoms with E-state index in [9.17, 15) is 0 Å². The van der Waals surface area contributed by atoms with Crippen molar-refractivity contribution in [2.45, 2.75) is 59.8 Å². The standard InChI is InChI=1S/C11H12N2S2.C10H12N2/c1-11(2)3-6-7(4-11)10(14)15-9(13)8(6)5-12;1-10(2)4-3-8(5-10)9(6-11)7-12/h3-4,13H2,1-2H3;3-5H2,1-2H3. The topological polar surface area (TPSA) is 97.4 Å². The second-order valence-corrected chi connectivity index (χ2v) is 10.5. The Bertz CT molecular complexity index is 960. The highest BCUT2D eigenvalue weighted by molar-refractivity contribution is 7.73. The zero-order valence-corrected chi connectivity index (χ0v) is 17.9. The van der Waals surface area contributed by atoms with E-state index in [-0.39, 0.29) is 10.8 Å². The summed E-state index contributed by atoms with van der Waals surface area (Å²) < 4.78 is 0.854. The number of nitriles is 3. The minimum atomic E-state index is 0.210. The fraction of sp³-hybridized carbons (Fsp3) is 0.524.